The largest absolute Gasteiger partial charge is 0.487 e. The molecule has 3 aromatic rings. The first-order valence-corrected chi connectivity index (χ1v) is 22.2. The molecule has 2 fully saturated rings. The summed E-state index contributed by atoms with van der Waals surface area (Å²) in [6, 6.07) is 21.2. The Morgan fingerprint density at radius 2 is 1.77 bits per heavy atom. The Morgan fingerprint density at radius 3 is 2.51 bits per heavy atom. The molecule has 328 valence electrons. The first-order valence-electron chi connectivity index (χ1n) is 22.2. The Hall–Kier alpha value is -4.59. The average molecular weight is 838 g/mol. The number of hydrogen-bond donors (Lipinski definition) is 3. The van der Waals surface area contributed by atoms with Gasteiger partial charge in [0.15, 0.2) is 0 Å². The molecule has 2 saturated carbocycles. The van der Waals surface area contributed by atoms with Crippen LogP contribution in [0.15, 0.2) is 96.2 Å². The molecule has 3 N–H and O–H groups in total. The molecular weight excluding hydrogens is 775 g/mol. The number of aliphatic hydroxyl groups excluding tert-OH is 3. The van der Waals surface area contributed by atoms with Crippen LogP contribution in [0.3, 0.4) is 0 Å². The number of carbonyl (C=O) groups is 1. The van der Waals surface area contributed by atoms with Crippen molar-refractivity contribution in [2.24, 2.45) is 28.8 Å². The van der Waals surface area contributed by atoms with Crippen molar-refractivity contribution in [3.05, 3.63) is 114 Å². The maximum Gasteiger partial charge on any atom is 0.239 e. The van der Waals surface area contributed by atoms with Crippen molar-refractivity contribution in [2.45, 2.75) is 95.7 Å². The molecule has 61 heavy (non-hydrogen) atoms. The lowest BCUT2D eigenvalue weighted by Gasteiger charge is -2.60. The minimum Gasteiger partial charge on any atom is -0.487 e. The Bertz CT molecular complexity index is 1970. The number of carbonyl (C=O) groups excluding carboxylic acids is 1. The molecule has 4 aliphatic rings. The fourth-order valence-electron chi connectivity index (χ4n) is 9.65. The van der Waals surface area contributed by atoms with Gasteiger partial charge in [0.1, 0.15) is 30.8 Å². The van der Waals surface area contributed by atoms with E-state index in [1.807, 2.05) is 72.5 Å². The minimum absolute atomic E-state index is 0.0211. The third-order valence-electron chi connectivity index (χ3n) is 12.5. The van der Waals surface area contributed by atoms with Gasteiger partial charge in [-0.15, -0.1) is 6.58 Å². The van der Waals surface area contributed by atoms with Crippen LogP contribution >= 0.6 is 0 Å². The molecule has 12 heteroatoms. The van der Waals surface area contributed by atoms with Crippen molar-refractivity contribution >= 4 is 11.6 Å². The summed E-state index contributed by atoms with van der Waals surface area (Å²) in [5.41, 5.74) is 5.43. The molecule has 0 radical (unpaired) electrons. The highest BCUT2D eigenvalue weighted by atomic mass is 16.7. The van der Waals surface area contributed by atoms with Gasteiger partial charge in [-0.2, -0.15) is 0 Å². The van der Waals surface area contributed by atoms with Gasteiger partial charge in [-0.1, -0.05) is 66.5 Å². The number of aromatic nitrogens is 1. The van der Waals surface area contributed by atoms with Crippen LogP contribution in [-0.2, 0) is 32.3 Å². The number of rotatable bonds is 24. The SMILES string of the molecule is C=CCOC12Oc3ccc(OCc4cccc(C)n4)cc3C3C(CCCCO)C(CCCCO)C=C(C(=NOCc4ccccc4)CC1N(CCOCCO)C(=O)C1CC1)C32. The summed E-state index contributed by atoms with van der Waals surface area (Å²) in [6.45, 7) is 7.50. The van der Waals surface area contributed by atoms with Gasteiger partial charge in [-0.05, 0) is 98.8 Å². The van der Waals surface area contributed by atoms with E-state index < -0.39 is 17.7 Å². The van der Waals surface area contributed by atoms with Crippen LogP contribution < -0.4 is 9.47 Å². The molecule has 1 amide bonds. The van der Waals surface area contributed by atoms with Crippen molar-refractivity contribution in [3.63, 3.8) is 0 Å². The number of nitrogens with zero attached hydrogens (tertiary/aromatic N) is 3. The van der Waals surface area contributed by atoms with Crippen LogP contribution in [0.1, 0.15) is 86.2 Å². The van der Waals surface area contributed by atoms with Gasteiger partial charge in [-0.25, -0.2) is 0 Å². The van der Waals surface area contributed by atoms with E-state index in [0.717, 1.165) is 72.3 Å². The highest BCUT2D eigenvalue weighted by Crippen LogP contribution is 2.62. The summed E-state index contributed by atoms with van der Waals surface area (Å²) in [4.78, 5) is 27.4. The van der Waals surface area contributed by atoms with Crippen LogP contribution in [-0.4, -0.2) is 94.8 Å². The van der Waals surface area contributed by atoms with Crippen LogP contribution in [0.5, 0.6) is 11.5 Å². The van der Waals surface area contributed by atoms with E-state index in [0.29, 0.717) is 37.4 Å². The third kappa shape index (κ3) is 10.5. The number of aliphatic hydroxyl groups is 3. The molecule has 0 bridgehead atoms. The summed E-state index contributed by atoms with van der Waals surface area (Å²) in [5.74, 6) is -0.551. The van der Waals surface area contributed by atoms with Gasteiger partial charge >= 0.3 is 0 Å². The van der Waals surface area contributed by atoms with Crippen molar-refractivity contribution in [3.8, 4) is 11.5 Å². The Balaban J connectivity index is 1.40. The third-order valence-corrected chi connectivity index (χ3v) is 12.5. The van der Waals surface area contributed by atoms with Gasteiger partial charge in [0.2, 0.25) is 11.7 Å². The number of fused-ring (bicyclic) bond motifs is 2. The zero-order valence-electron chi connectivity index (χ0n) is 35.5. The van der Waals surface area contributed by atoms with Gasteiger partial charge < -0.3 is 44.0 Å². The fourth-order valence-corrected chi connectivity index (χ4v) is 9.65. The Morgan fingerprint density at radius 1 is 0.967 bits per heavy atom. The van der Waals surface area contributed by atoms with E-state index in [-0.39, 0.29) is 82.4 Å². The zero-order chi connectivity index (χ0) is 42.6. The number of amides is 1. The number of hydrogen-bond acceptors (Lipinski definition) is 11. The summed E-state index contributed by atoms with van der Waals surface area (Å²) >= 11 is 0. The van der Waals surface area contributed by atoms with E-state index in [9.17, 15) is 20.1 Å². The lowest BCUT2D eigenvalue weighted by atomic mass is 9.55. The lowest BCUT2D eigenvalue weighted by molar-refractivity contribution is -0.258. The van der Waals surface area contributed by atoms with Crippen LogP contribution in [0.2, 0.25) is 0 Å². The van der Waals surface area contributed by atoms with E-state index in [1.54, 1.807) is 6.08 Å². The number of ether oxygens (including phenoxy) is 4. The molecule has 6 atom stereocenters. The highest BCUT2D eigenvalue weighted by Gasteiger charge is 2.66. The van der Waals surface area contributed by atoms with E-state index in [2.05, 4.69) is 23.7 Å². The number of oxime groups is 1. The summed E-state index contributed by atoms with van der Waals surface area (Å²) in [7, 11) is 0. The van der Waals surface area contributed by atoms with Crippen molar-refractivity contribution in [2.75, 3.05) is 46.2 Å². The predicted octanol–water partition coefficient (Wildman–Crippen LogP) is 7.05. The van der Waals surface area contributed by atoms with Crippen molar-refractivity contribution in [1.29, 1.82) is 0 Å². The predicted molar refractivity (Wildman–Crippen MR) is 232 cm³/mol. The van der Waals surface area contributed by atoms with Crippen molar-refractivity contribution < 1.29 is 43.9 Å². The molecule has 1 aliphatic heterocycles. The maximum absolute atomic E-state index is 14.6. The molecule has 6 unspecified atom stereocenters. The van der Waals surface area contributed by atoms with Crippen molar-refractivity contribution in [1.82, 2.24) is 9.88 Å². The number of pyridine rings is 1. The topological polar surface area (TPSA) is 152 Å². The lowest BCUT2D eigenvalue weighted by Crippen LogP contribution is -2.70. The molecule has 0 spiro atoms. The van der Waals surface area contributed by atoms with E-state index in [4.69, 9.17) is 28.9 Å². The van der Waals surface area contributed by atoms with Crippen LogP contribution in [0, 0.1) is 30.6 Å². The van der Waals surface area contributed by atoms with Gasteiger partial charge in [-0.3, -0.25) is 9.78 Å². The summed E-state index contributed by atoms with van der Waals surface area (Å²) < 4.78 is 26.7. The maximum atomic E-state index is 14.6. The molecule has 1 aromatic heterocycles. The van der Waals surface area contributed by atoms with Crippen LogP contribution in [0.25, 0.3) is 0 Å². The Labute approximate surface area is 360 Å². The normalized spacial score (nSPS) is 24.6. The highest BCUT2D eigenvalue weighted by molar-refractivity contribution is 6.03. The molecule has 12 nitrogen and oxygen atoms in total. The summed E-state index contributed by atoms with van der Waals surface area (Å²) in [5, 5.41) is 34.4. The second-order valence-corrected chi connectivity index (χ2v) is 16.7. The second kappa shape index (κ2) is 21.5. The average Bonchev–Trinajstić information content (AvgIpc) is 4.13. The first kappa shape index (κ1) is 44.5. The minimum atomic E-state index is -1.36. The molecule has 0 saturated heterocycles. The zero-order valence-corrected chi connectivity index (χ0v) is 35.5. The fraction of sp³-hybridized carbons (Fsp3) is 0.531. The molecule has 2 heterocycles. The van der Waals surface area contributed by atoms with Gasteiger partial charge in [0.25, 0.3) is 0 Å². The van der Waals surface area contributed by atoms with Gasteiger partial charge in [0.05, 0.1) is 43.8 Å². The van der Waals surface area contributed by atoms with E-state index in [1.165, 1.54) is 0 Å². The molecule has 7 rings (SSSR count). The molecule has 2 aromatic carbocycles. The number of aryl methyl sites for hydroxylation is 1. The number of unbranched alkanes of at least 4 members (excludes halogenated alkanes) is 2. The van der Waals surface area contributed by atoms with E-state index >= 15 is 0 Å². The Kier molecular flexibility index (Phi) is 15.7. The number of benzene rings is 2. The number of allylic oxidation sites excluding steroid dienone is 1. The molecular formula is C49H63N3O9. The van der Waals surface area contributed by atoms with Gasteiger partial charge in [0, 0.05) is 49.3 Å². The first-order chi connectivity index (χ1) is 29.9. The summed E-state index contributed by atoms with van der Waals surface area (Å²) in [6.07, 6.45) is 10.7. The second-order valence-electron chi connectivity index (χ2n) is 16.7. The smallest absolute Gasteiger partial charge is 0.239 e. The molecule has 3 aliphatic carbocycles. The monoisotopic (exact) mass is 837 g/mol. The van der Waals surface area contributed by atoms with Crippen LogP contribution in [0.4, 0.5) is 0 Å². The standard InChI is InChI=1S/C49H63N3O9/c1-3-26-59-49-45(52(22-27-57-28-25-55)48(56)36-18-19-36)31-43(51-60-32-35-13-5-4-6-14-35)41-29-37(15-7-9-23-53)40(17-8-10-24-54)46(47(41)49)42-30-39(20-21-44(42)61-49)58-33-38-16-11-12-34(2)50-38/h3-6,11-14,16,20-21,29-30,36-37,40,45-47,53-55H,1,7-10,15,17-19,22-28,31-33H2,2H3. The quantitative estimate of drug-likeness (QED) is 0.0487.